The molecule has 0 aliphatic rings. The van der Waals surface area contributed by atoms with Crippen LogP contribution in [0.4, 0.5) is 0 Å². The second-order valence-corrected chi connectivity index (χ2v) is 5.17. The summed E-state index contributed by atoms with van der Waals surface area (Å²) in [4.78, 5) is 0. The van der Waals surface area contributed by atoms with Crippen molar-refractivity contribution in [2.24, 2.45) is 0 Å². The molecule has 0 bridgehead atoms. The summed E-state index contributed by atoms with van der Waals surface area (Å²) in [6.07, 6.45) is 3.72. The second kappa shape index (κ2) is 6.76. The van der Waals surface area contributed by atoms with E-state index in [4.69, 9.17) is 4.42 Å². The highest BCUT2D eigenvalue weighted by Crippen LogP contribution is 2.26. The Bertz CT molecular complexity index is 467. The lowest BCUT2D eigenvalue weighted by Gasteiger charge is -2.19. The molecule has 0 amide bonds. The zero-order valence-corrected chi connectivity index (χ0v) is 12.1. The minimum Gasteiger partial charge on any atom is -0.469 e. The summed E-state index contributed by atoms with van der Waals surface area (Å²) in [7, 11) is 0. The van der Waals surface area contributed by atoms with Gasteiger partial charge in [0.25, 0.3) is 0 Å². The third kappa shape index (κ3) is 3.47. The van der Waals surface area contributed by atoms with Crippen molar-refractivity contribution in [3.05, 3.63) is 58.5 Å². The van der Waals surface area contributed by atoms with Gasteiger partial charge in [0.1, 0.15) is 5.76 Å². The molecule has 2 aromatic rings. The van der Waals surface area contributed by atoms with Crippen LogP contribution in [0.25, 0.3) is 0 Å². The topological polar surface area (TPSA) is 25.2 Å². The summed E-state index contributed by atoms with van der Waals surface area (Å²) in [5, 5.41) is 3.57. The fourth-order valence-corrected chi connectivity index (χ4v) is 2.56. The molecular weight excluding hydrogens is 290 g/mol. The number of nitrogens with one attached hydrogen (secondary N) is 1. The van der Waals surface area contributed by atoms with E-state index in [1.54, 1.807) is 6.26 Å². The smallest absolute Gasteiger partial charge is 0.105 e. The molecule has 1 N–H and O–H groups in total. The molecule has 0 radical (unpaired) electrons. The molecular formula is C15H18BrNO. The number of hydrogen-bond donors (Lipinski definition) is 1. The SMILES string of the molecule is CCCNC(Cc1ccco1)c1ccccc1Br. The first-order valence-corrected chi connectivity index (χ1v) is 7.10. The molecule has 0 saturated heterocycles. The highest BCUT2D eigenvalue weighted by Gasteiger charge is 2.15. The van der Waals surface area contributed by atoms with Gasteiger partial charge in [-0.15, -0.1) is 0 Å². The molecule has 2 nitrogen and oxygen atoms in total. The van der Waals surface area contributed by atoms with Crippen molar-refractivity contribution in [1.82, 2.24) is 5.32 Å². The molecule has 0 fully saturated rings. The van der Waals surface area contributed by atoms with Crippen molar-refractivity contribution in [1.29, 1.82) is 0 Å². The van der Waals surface area contributed by atoms with Crippen LogP contribution < -0.4 is 5.32 Å². The van der Waals surface area contributed by atoms with Crippen LogP contribution in [0.15, 0.2) is 51.6 Å². The van der Waals surface area contributed by atoms with Crippen molar-refractivity contribution < 1.29 is 4.42 Å². The maximum absolute atomic E-state index is 5.45. The lowest BCUT2D eigenvalue weighted by atomic mass is 10.0. The van der Waals surface area contributed by atoms with Crippen molar-refractivity contribution in [3.63, 3.8) is 0 Å². The van der Waals surface area contributed by atoms with Crippen molar-refractivity contribution in [2.45, 2.75) is 25.8 Å². The molecule has 2 rings (SSSR count). The second-order valence-electron chi connectivity index (χ2n) is 4.31. The molecule has 0 spiro atoms. The van der Waals surface area contributed by atoms with Gasteiger partial charge in [0.05, 0.1) is 6.26 Å². The molecule has 1 aromatic heterocycles. The number of hydrogen-bond acceptors (Lipinski definition) is 2. The van der Waals surface area contributed by atoms with E-state index < -0.39 is 0 Å². The van der Waals surface area contributed by atoms with Gasteiger partial charge in [0.15, 0.2) is 0 Å². The normalized spacial score (nSPS) is 12.6. The first-order chi connectivity index (χ1) is 8.81. The van der Waals surface area contributed by atoms with E-state index in [0.717, 1.165) is 29.6 Å². The van der Waals surface area contributed by atoms with Crippen LogP contribution in [0.3, 0.4) is 0 Å². The van der Waals surface area contributed by atoms with E-state index in [1.165, 1.54) is 5.56 Å². The van der Waals surface area contributed by atoms with Gasteiger partial charge in [-0.3, -0.25) is 0 Å². The Balaban J connectivity index is 2.16. The summed E-state index contributed by atoms with van der Waals surface area (Å²) < 4.78 is 6.59. The minimum absolute atomic E-state index is 0.284. The lowest BCUT2D eigenvalue weighted by Crippen LogP contribution is -2.24. The molecule has 3 heteroatoms. The first-order valence-electron chi connectivity index (χ1n) is 6.31. The molecule has 1 heterocycles. The van der Waals surface area contributed by atoms with Gasteiger partial charge >= 0.3 is 0 Å². The third-order valence-electron chi connectivity index (χ3n) is 2.91. The minimum atomic E-state index is 0.284. The Morgan fingerprint density at radius 3 is 2.72 bits per heavy atom. The van der Waals surface area contributed by atoms with Crippen LogP contribution in [-0.4, -0.2) is 6.54 Å². The summed E-state index contributed by atoms with van der Waals surface area (Å²) in [6.45, 7) is 3.18. The first kappa shape index (κ1) is 13.4. The van der Waals surface area contributed by atoms with E-state index in [2.05, 4.69) is 46.4 Å². The van der Waals surface area contributed by atoms with Gasteiger partial charge in [-0.25, -0.2) is 0 Å². The summed E-state index contributed by atoms with van der Waals surface area (Å²) in [5.74, 6) is 1.01. The van der Waals surface area contributed by atoms with Crippen LogP contribution >= 0.6 is 15.9 Å². The Morgan fingerprint density at radius 2 is 2.06 bits per heavy atom. The van der Waals surface area contributed by atoms with E-state index in [1.807, 2.05) is 18.2 Å². The Morgan fingerprint density at radius 1 is 1.22 bits per heavy atom. The van der Waals surface area contributed by atoms with E-state index >= 15 is 0 Å². The monoisotopic (exact) mass is 307 g/mol. The molecule has 0 aliphatic heterocycles. The van der Waals surface area contributed by atoms with Crippen LogP contribution in [0.2, 0.25) is 0 Å². The lowest BCUT2D eigenvalue weighted by molar-refractivity contribution is 0.448. The van der Waals surface area contributed by atoms with Gasteiger partial charge in [0.2, 0.25) is 0 Å². The predicted molar refractivity (Wildman–Crippen MR) is 77.6 cm³/mol. The fourth-order valence-electron chi connectivity index (χ4n) is 2.00. The average molecular weight is 308 g/mol. The predicted octanol–water partition coefficient (Wildman–Crippen LogP) is 4.33. The van der Waals surface area contributed by atoms with E-state index in [0.29, 0.717) is 0 Å². The molecule has 1 unspecified atom stereocenters. The van der Waals surface area contributed by atoms with Gasteiger partial charge in [-0.2, -0.15) is 0 Å². The number of halogens is 1. The Kier molecular flexibility index (Phi) is 5.02. The quantitative estimate of drug-likeness (QED) is 0.859. The largest absolute Gasteiger partial charge is 0.469 e. The van der Waals surface area contributed by atoms with Gasteiger partial charge < -0.3 is 9.73 Å². The van der Waals surface area contributed by atoms with E-state index in [9.17, 15) is 0 Å². The molecule has 1 aromatic carbocycles. The average Bonchev–Trinajstić information content (AvgIpc) is 2.88. The summed E-state index contributed by atoms with van der Waals surface area (Å²) in [5.41, 5.74) is 1.28. The third-order valence-corrected chi connectivity index (χ3v) is 3.63. The molecule has 18 heavy (non-hydrogen) atoms. The van der Waals surface area contributed by atoms with Crippen molar-refractivity contribution >= 4 is 15.9 Å². The Labute approximate surface area is 117 Å². The summed E-state index contributed by atoms with van der Waals surface area (Å²) in [6, 6.07) is 12.6. The zero-order chi connectivity index (χ0) is 12.8. The van der Waals surface area contributed by atoms with Gasteiger partial charge in [0, 0.05) is 16.9 Å². The van der Waals surface area contributed by atoms with Crippen molar-refractivity contribution in [2.75, 3.05) is 6.54 Å². The van der Waals surface area contributed by atoms with Crippen molar-refractivity contribution in [3.8, 4) is 0 Å². The molecule has 0 aliphatic carbocycles. The fraction of sp³-hybridized carbons (Fsp3) is 0.333. The van der Waals surface area contributed by atoms with E-state index in [-0.39, 0.29) is 6.04 Å². The highest BCUT2D eigenvalue weighted by molar-refractivity contribution is 9.10. The van der Waals surface area contributed by atoms with Crippen LogP contribution in [0.5, 0.6) is 0 Å². The number of furan rings is 1. The van der Waals surface area contributed by atoms with Crippen LogP contribution in [-0.2, 0) is 6.42 Å². The standard InChI is InChI=1S/C15H18BrNO/c1-2-9-17-15(11-12-6-5-10-18-12)13-7-3-4-8-14(13)16/h3-8,10,15,17H,2,9,11H2,1H3. The Hall–Kier alpha value is -1.06. The van der Waals surface area contributed by atoms with Crippen LogP contribution in [0, 0.1) is 0 Å². The summed E-state index contributed by atoms with van der Waals surface area (Å²) >= 11 is 3.62. The maximum atomic E-state index is 5.45. The molecule has 1 atom stereocenters. The van der Waals surface area contributed by atoms with Gasteiger partial charge in [-0.1, -0.05) is 41.1 Å². The molecule has 0 saturated carbocycles. The number of benzene rings is 1. The zero-order valence-electron chi connectivity index (χ0n) is 10.5. The molecule has 96 valence electrons. The highest BCUT2D eigenvalue weighted by atomic mass is 79.9. The van der Waals surface area contributed by atoms with Crippen LogP contribution in [0.1, 0.15) is 30.7 Å². The van der Waals surface area contributed by atoms with Gasteiger partial charge in [-0.05, 0) is 36.7 Å². The number of rotatable bonds is 6. The maximum Gasteiger partial charge on any atom is 0.105 e.